The van der Waals surface area contributed by atoms with Gasteiger partial charge in [-0.05, 0) is 50.7 Å². The van der Waals surface area contributed by atoms with Crippen molar-refractivity contribution >= 4 is 17.6 Å². The number of carboxylic acid groups (broad SMARTS) is 1. The van der Waals surface area contributed by atoms with Gasteiger partial charge in [0.2, 0.25) is 5.91 Å². The summed E-state index contributed by atoms with van der Waals surface area (Å²) in [6.07, 6.45) is 1.80. The van der Waals surface area contributed by atoms with Crippen molar-refractivity contribution in [3.63, 3.8) is 0 Å². The molecule has 2 aliphatic rings. The number of hydrogen-bond donors (Lipinski definition) is 2. The highest BCUT2D eigenvalue weighted by Crippen LogP contribution is 2.57. The van der Waals surface area contributed by atoms with Crippen LogP contribution in [-0.2, 0) is 9.59 Å². The van der Waals surface area contributed by atoms with Gasteiger partial charge in [0.15, 0.2) is 0 Å². The van der Waals surface area contributed by atoms with Gasteiger partial charge in [-0.15, -0.1) is 0 Å². The molecule has 0 saturated heterocycles. The number of nitrogens with one attached hydrogen (secondary N) is 1. The van der Waals surface area contributed by atoms with Crippen LogP contribution in [0.3, 0.4) is 0 Å². The van der Waals surface area contributed by atoms with Gasteiger partial charge in [0, 0.05) is 5.69 Å². The smallest absolute Gasteiger partial charge is 0.307 e. The Morgan fingerprint density at radius 1 is 1.05 bits per heavy atom. The molecule has 0 spiro atoms. The fraction of sp³-hybridized carbons (Fsp3) is 0.444. The Morgan fingerprint density at radius 2 is 1.64 bits per heavy atom. The van der Waals surface area contributed by atoms with Gasteiger partial charge < -0.3 is 10.4 Å². The number of fused-ring (bicyclic) bond motifs is 2. The minimum absolute atomic E-state index is 0.0269. The molecule has 1 aromatic rings. The highest BCUT2D eigenvalue weighted by molar-refractivity contribution is 5.96. The second-order valence-electron chi connectivity index (χ2n) is 6.49. The summed E-state index contributed by atoms with van der Waals surface area (Å²) in [5.41, 5.74) is 3.10. The summed E-state index contributed by atoms with van der Waals surface area (Å²) in [6, 6.07) is 9.24. The number of amides is 1. The van der Waals surface area contributed by atoms with Gasteiger partial charge in [-0.25, -0.2) is 0 Å². The normalized spacial score (nSPS) is 29.5. The zero-order valence-electron chi connectivity index (χ0n) is 12.9. The van der Waals surface area contributed by atoms with E-state index in [-0.39, 0.29) is 17.7 Å². The number of benzene rings is 1. The molecule has 22 heavy (non-hydrogen) atoms. The monoisotopic (exact) mass is 299 g/mol. The van der Waals surface area contributed by atoms with Crippen LogP contribution < -0.4 is 5.32 Å². The first-order valence-corrected chi connectivity index (χ1v) is 7.76. The van der Waals surface area contributed by atoms with E-state index in [9.17, 15) is 14.7 Å². The standard InChI is InChI=1S/C18H21NO3/c1-10(2)14-12-8-9-13(14)16(18(21)22)15(12)17(20)19-11-6-4-3-5-7-11/h3-7,12-13,15-16H,8-9H2,1-2H3,(H,19,20)(H,21,22)/t12-,13+,15+,16+/m0/s1. The molecule has 116 valence electrons. The van der Waals surface area contributed by atoms with E-state index in [0.717, 1.165) is 18.5 Å². The molecule has 4 heteroatoms. The van der Waals surface area contributed by atoms with Crippen LogP contribution in [0.4, 0.5) is 5.69 Å². The highest BCUT2D eigenvalue weighted by atomic mass is 16.4. The van der Waals surface area contributed by atoms with Crippen molar-refractivity contribution < 1.29 is 14.7 Å². The lowest BCUT2D eigenvalue weighted by molar-refractivity contribution is -0.148. The maximum Gasteiger partial charge on any atom is 0.307 e. The quantitative estimate of drug-likeness (QED) is 0.841. The average molecular weight is 299 g/mol. The Kier molecular flexibility index (Phi) is 3.77. The SMILES string of the molecule is CC(C)=C1[C@H]2CC[C@@H]1[C@@H](C(=O)Nc1ccccc1)[C@@H]2C(=O)O. The molecule has 0 radical (unpaired) electrons. The molecule has 1 aromatic carbocycles. The van der Waals surface area contributed by atoms with E-state index in [2.05, 4.69) is 5.32 Å². The second kappa shape index (κ2) is 5.59. The number of carboxylic acids is 1. The molecule has 1 amide bonds. The maximum absolute atomic E-state index is 12.7. The lowest BCUT2D eigenvalue weighted by Crippen LogP contribution is -2.37. The zero-order valence-corrected chi connectivity index (χ0v) is 12.9. The third kappa shape index (κ3) is 2.32. The van der Waals surface area contributed by atoms with Crippen molar-refractivity contribution in [2.75, 3.05) is 5.32 Å². The molecule has 2 aliphatic carbocycles. The van der Waals surface area contributed by atoms with Crippen molar-refractivity contribution in [3.05, 3.63) is 41.5 Å². The Bertz CT molecular complexity index is 631. The van der Waals surface area contributed by atoms with Gasteiger partial charge in [0.05, 0.1) is 11.8 Å². The maximum atomic E-state index is 12.7. The number of carbonyl (C=O) groups excluding carboxylic acids is 1. The fourth-order valence-corrected chi connectivity index (χ4v) is 4.35. The number of aliphatic carboxylic acids is 1. The number of para-hydroxylation sites is 1. The van der Waals surface area contributed by atoms with E-state index in [1.165, 1.54) is 11.1 Å². The summed E-state index contributed by atoms with van der Waals surface area (Å²) in [6.45, 7) is 4.05. The zero-order chi connectivity index (χ0) is 15.9. The van der Waals surface area contributed by atoms with E-state index >= 15 is 0 Å². The van der Waals surface area contributed by atoms with Gasteiger partial charge in [-0.2, -0.15) is 0 Å². The number of hydrogen-bond acceptors (Lipinski definition) is 2. The molecule has 0 unspecified atom stereocenters. The Hall–Kier alpha value is -2.10. The average Bonchev–Trinajstić information content (AvgIpc) is 3.03. The summed E-state index contributed by atoms with van der Waals surface area (Å²) < 4.78 is 0. The fourth-order valence-electron chi connectivity index (χ4n) is 4.35. The number of carbonyl (C=O) groups is 2. The van der Waals surface area contributed by atoms with Crippen molar-refractivity contribution in [3.8, 4) is 0 Å². The third-order valence-corrected chi connectivity index (χ3v) is 5.05. The first kappa shape index (κ1) is 14.8. The number of rotatable bonds is 3. The number of anilines is 1. The number of allylic oxidation sites excluding steroid dienone is 2. The summed E-state index contributed by atoms with van der Waals surface area (Å²) in [4.78, 5) is 24.4. The summed E-state index contributed by atoms with van der Waals surface area (Å²) in [7, 11) is 0. The van der Waals surface area contributed by atoms with Gasteiger partial charge in [0.1, 0.15) is 0 Å². The second-order valence-corrected chi connectivity index (χ2v) is 6.49. The molecule has 0 heterocycles. The molecule has 2 fully saturated rings. The first-order chi connectivity index (χ1) is 10.5. The van der Waals surface area contributed by atoms with Gasteiger partial charge in [-0.1, -0.05) is 29.3 Å². The van der Waals surface area contributed by atoms with Gasteiger partial charge >= 0.3 is 5.97 Å². The van der Waals surface area contributed by atoms with Crippen molar-refractivity contribution in [2.45, 2.75) is 26.7 Å². The molecule has 4 nitrogen and oxygen atoms in total. The topological polar surface area (TPSA) is 66.4 Å². The first-order valence-electron chi connectivity index (χ1n) is 7.76. The Morgan fingerprint density at radius 3 is 2.18 bits per heavy atom. The molecular formula is C18H21NO3. The van der Waals surface area contributed by atoms with E-state index < -0.39 is 17.8 Å². The lowest BCUT2D eigenvalue weighted by atomic mass is 9.78. The van der Waals surface area contributed by atoms with Crippen LogP contribution in [0.25, 0.3) is 0 Å². The Balaban J connectivity index is 1.90. The van der Waals surface area contributed by atoms with Crippen LogP contribution in [0.2, 0.25) is 0 Å². The molecule has 4 atom stereocenters. The van der Waals surface area contributed by atoms with Crippen LogP contribution in [0, 0.1) is 23.7 Å². The predicted octanol–water partition coefficient (Wildman–Crippen LogP) is 3.32. The molecule has 2 saturated carbocycles. The molecule has 2 bridgehead atoms. The van der Waals surface area contributed by atoms with Crippen LogP contribution in [0.15, 0.2) is 41.5 Å². The Labute approximate surface area is 130 Å². The molecule has 2 N–H and O–H groups in total. The summed E-state index contributed by atoms with van der Waals surface area (Å²) in [5, 5.41) is 12.5. The minimum Gasteiger partial charge on any atom is -0.481 e. The van der Waals surface area contributed by atoms with E-state index in [4.69, 9.17) is 0 Å². The van der Waals surface area contributed by atoms with Gasteiger partial charge in [-0.3, -0.25) is 9.59 Å². The van der Waals surface area contributed by atoms with Crippen LogP contribution >= 0.6 is 0 Å². The molecule has 0 aromatic heterocycles. The minimum atomic E-state index is -0.848. The largest absolute Gasteiger partial charge is 0.481 e. The van der Waals surface area contributed by atoms with Crippen molar-refractivity contribution in [1.82, 2.24) is 0 Å². The van der Waals surface area contributed by atoms with E-state index in [0.29, 0.717) is 0 Å². The van der Waals surface area contributed by atoms with Crippen LogP contribution in [0.1, 0.15) is 26.7 Å². The summed E-state index contributed by atoms with van der Waals surface area (Å²) in [5.74, 6) is -1.95. The van der Waals surface area contributed by atoms with E-state index in [1.807, 2.05) is 44.2 Å². The molecule has 3 rings (SSSR count). The molecular weight excluding hydrogens is 278 g/mol. The predicted molar refractivity (Wildman–Crippen MR) is 84.3 cm³/mol. The van der Waals surface area contributed by atoms with Crippen LogP contribution in [0.5, 0.6) is 0 Å². The highest BCUT2D eigenvalue weighted by Gasteiger charge is 2.57. The van der Waals surface area contributed by atoms with Crippen molar-refractivity contribution in [2.24, 2.45) is 23.7 Å². The van der Waals surface area contributed by atoms with E-state index in [1.54, 1.807) is 0 Å². The van der Waals surface area contributed by atoms with Crippen LogP contribution in [-0.4, -0.2) is 17.0 Å². The third-order valence-electron chi connectivity index (χ3n) is 5.05. The van der Waals surface area contributed by atoms with Crippen molar-refractivity contribution in [1.29, 1.82) is 0 Å². The lowest BCUT2D eigenvalue weighted by Gasteiger charge is -2.26. The summed E-state index contributed by atoms with van der Waals surface area (Å²) >= 11 is 0. The van der Waals surface area contributed by atoms with Gasteiger partial charge in [0.25, 0.3) is 0 Å². The molecule has 0 aliphatic heterocycles.